The Bertz CT molecular complexity index is 1360. The van der Waals surface area contributed by atoms with Crippen molar-refractivity contribution < 1.29 is 28.5 Å². The normalized spacial score (nSPS) is 28.0. The summed E-state index contributed by atoms with van der Waals surface area (Å²) in [5, 5.41) is 0. The van der Waals surface area contributed by atoms with Crippen LogP contribution in [0.1, 0.15) is 44.4 Å². The van der Waals surface area contributed by atoms with Gasteiger partial charge in [-0.15, -0.1) is 11.8 Å². The standard InChI is InChI=1S/C29H31NO6S/c1-8-30-17(2)18(3)37-27(4,19-13-15-20(33-5)16-14-19)29-22-12-10-9-11-21(22)28(36-29,26(32)35-7)23(24(29)30)25(31)34-6/h9-16H,8H2,1-7H3/t27?,28-,29+/m0/s1. The van der Waals surface area contributed by atoms with Gasteiger partial charge < -0.3 is 23.8 Å². The number of likely N-dealkylation sites (N-methyl/N-ethyl adjacent to an activating group) is 1. The van der Waals surface area contributed by atoms with E-state index in [0.717, 1.165) is 27.5 Å². The third-order valence-electron chi connectivity index (χ3n) is 7.95. The summed E-state index contributed by atoms with van der Waals surface area (Å²) in [5.41, 5.74) is 1.17. The molecule has 0 amide bonds. The molecule has 0 aromatic heterocycles. The van der Waals surface area contributed by atoms with Gasteiger partial charge in [0.1, 0.15) is 11.3 Å². The molecule has 3 heterocycles. The number of carbonyl (C=O) groups excluding carboxylic acids is 2. The summed E-state index contributed by atoms with van der Waals surface area (Å²) < 4.78 is 22.4. The number of carbonyl (C=O) groups is 2. The summed E-state index contributed by atoms with van der Waals surface area (Å²) in [6.07, 6.45) is 0. The molecule has 2 aromatic carbocycles. The first-order valence-electron chi connectivity index (χ1n) is 12.2. The Balaban J connectivity index is 1.98. The molecule has 2 bridgehead atoms. The van der Waals surface area contributed by atoms with Crippen molar-refractivity contribution in [3.8, 4) is 5.75 Å². The van der Waals surface area contributed by atoms with Crippen molar-refractivity contribution in [1.82, 2.24) is 4.90 Å². The molecule has 7 nitrogen and oxygen atoms in total. The van der Waals surface area contributed by atoms with Crippen molar-refractivity contribution in [2.24, 2.45) is 0 Å². The van der Waals surface area contributed by atoms with Gasteiger partial charge in [-0.3, -0.25) is 0 Å². The Hall–Kier alpha value is -3.23. The smallest absolute Gasteiger partial charge is 0.348 e. The van der Waals surface area contributed by atoms with E-state index in [1.165, 1.54) is 14.2 Å². The lowest BCUT2D eigenvalue weighted by Gasteiger charge is -2.46. The van der Waals surface area contributed by atoms with Crippen LogP contribution in [0.25, 0.3) is 0 Å². The van der Waals surface area contributed by atoms with E-state index >= 15 is 0 Å². The van der Waals surface area contributed by atoms with Gasteiger partial charge in [0.25, 0.3) is 0 Å². The largest absolute Gasteiger partial charge is 0.497 e. The molecule has 8 heteroatoms. The number of esters is 2. The fourth-order valence-electron chi connectivity index (χ4n) is 6.16. The van der Waals surface area contributed by atoms with Crippen LogP contribution in [-0.4, -0.2) is 44.7 Å². The lowest BCUT2D eigenvalue weighted by atomic mass is 9.68. The highest BCUT2D eigenvalue weighted by Gasteiger charge is 2.77. The second-order valence-corrected chi connectivity index (χ2v) is 11.1. The quantitative estimate of drug-likeness (QED) is 0.511. The molecule has 3 atom stereocenters. The zero-order valence-corrected chi connectivity index (χ0v) is 22.9. The van der Waals surface area contributed by atoms with Gasteiger partial charge in [0.15, 0.2) is 5.60 Å². The van der Waals surface area contributed by atoms with Gasteiger partial charge in [-0.2, -0.15) is 0 Å². The highest BCUT2D eigenvalue weighted by Crippen LogP contribution is 2.72. The van der Waals surface area contributed by atoms with Crippen LogP contribution in [0.5, 0.6) is 5.75 Å². The maximum absolute atomic E-state index is 13.7. The first-order chi connectivity index (χ1) is 17.7. The van der Waals surface area contributed by atoms with Crippen LogP contribution in [0.2, 0.25) is 0 Å². The molecule has 0 radical (unpaired) electrons. The van der Waals surface area contributed by atoms with E-state index < -0.39 is 27.9 Å². The summed E-state index contributed by atoms with van der Waals surface area (Å²) in [7, 11) is 4.27. The van der Waals surface area contributed by atoms with Crippen LogP contribution in [0.3, 0.4) is 0 Å². The highest BCUT2D eigenvalue weighted by molar-refractivity contribution is 8.04. The van der Waals surface area contributed by atoms with E-state index in [-0.39, 0.29) is 5.57 Å². The molecule has 0 saturated heterocycles. The SMILES string of the molecule is CCN1C(C)=C(C)SC(C)(c2ccc(OC)cc2)[C@]23O[C@](C(=O)OC)(C(C(=O)OC)=C12)c1ccccc13. The Labute approximate surface area is 221 Å². The maximum atomic E-state index is 13.7. The van der Waals surface area contributed by atoms with Crippen LogP contribution in [0, 0.1) is 0 Å². The number of rotatable bonds is 5. The zero-order valence-electron chi connectivity index (χ0n) is 22.1. The van der Waals surface area contributed by atoms with Gasteiger partial charge in [0.2, 0.25) is 5.60 Å². The summed E-state index contributed by atoms with van der Waals surface area (Å²) in [6.45, 7) is 8.80. The average Bonchev–Trinajstić information content (AvgIpc) is 3.40. The van der Waals surface area contributed by atoms with E-state index in [1.807, 2.05) is 62.4 Å². The van der Waals surface area contributed by atoms with Crippen molar-refractivity contribution in [2.45, 2.75) is 43.6 Å². The molecule has 0 aliphatic carbocycles. The first kappa shape index (κ1) is 25.4. The molecule has 0 fully saturated rings. The van der Waals surface area contributed by atoms with E-state index in [4.69, 9.17) is 18.9 Å². The second kappa shape index (κ2) is 8.67. The molecule has 194 valence electrons. The monoisotopic (exact) mass is 521 g/mol. The predicted molar refractivity (Wildman–Crippen MR) is 141 cm³/mol. The highest BCUT2D eigenvalue weighted by atomic mass is 32.2. The van der Waals surface area contributed by atoms with Crippen LogP contribution in [-0.2, 0) is 39.7 Å². The Morgan fingerprint density at radius 2 is 1.62 bits per heavy atom. The fraction of sp³-hybridized carbons (Fsp3) is 0.379. The van der Waals surface area contributed by atoms with Gasteiger partial charge in [0.05, 0.1) is 31.8 Å². The van der Waals surface area contributed by atoms with Crippen LogP contribution >= 0.6 is 11.8 Å². The van der Waals surface area contributed by atoms with Gasteiger partial charge >= 0.3 is 11.9 Å². The third-order valence-corrected chi connectivity index (χ3v) is 9.48. The van der Waals surface area contributed by atoms with Crippen molar-refractivity contribution in [1.29, 1.82) is 0 Å². The number of allylic oxidation sites excluding steroid dienone is 2. The van der Waals surface area contributed by atoms with Crippen LogP contribution in [0.15, 0.2) is 70.4 Å². The molecule has 37 heavy (non-hydrogen) atoms. The molecule has 0 N–H and O–H groups in total. The number of hydrogen-bond acceptors (Lipinski definition) is 8. The summed E-state index contributed by atoms with van der Waals surface area (Å²) in [5.74, 6) is -0.546. The van der Waals surface area contributed by atoms with Gasteiger partial charge in [-0.25, -0.2) is 9.59 Å². The number of benzene rings is 2. The summed E-state index contributed by atoms with van der Waals surface area (Å²) >= 11 is 1.67. The Morgan fingerprint density at radius 1 is 0.973 bits per heavy atom. The lowest BCUT2D eigenvalue weighted by molar-refractivity contribution is -0.177. The lowest BCUT2D eigenvalue weighted by Crippen LogP contribution is -2.48. The maximum Gasteiger partial charge on any atom is 0.348 e. The second-order valence-electron chi connectivity index (χ2n) is 9.47. The van der Waals surface area contributed by atoms with E-state index in [1.54, 1.807) is 18.9 Å². The Kier molecular flexibility index (Phi) is 5.96. The Morgan fingerprint density at radius 3 is 2.19 bits per heavy atom. The number of nitrogens with zero attached hydrogens (tertiary/aromatic N) is 1. The molecule has 1 unspecified atom stereocenters. The third kappa shape index (κ3) is 3.00. The number of thioether (sulfide) groups is 1. The molecule has 2 aromatic rings. The predicted octanol–water partition coefficient (Wildman–Crippen LogP) is 4.97. The van der Waals surface area contributed by atoms with Crippen LogP contribution in [0.4, 0.5) is 0 Å². The molecule has 3 aliphatic heterocycles. The van der Waals surface area contributed by atoms with Crippen molar-refractivity contribution in [2.75, 3.05) is 27.9 Å². The van der Waals surface area contributed by atoms with Crippen LogP contribution < -0.4 is 4.74 Å². The number of ether oxygens (including phenoxy) is 4. The van der Waals surface area contributed by atoms with Crippen molar-refractivity contribution in [3.63, 3.8) is 0 Å². The minimum Gasteiger partial charge on any atom is -0.497 e. The minimum absolute atomic E-state index is 0.164. The topological polar surface area (TPSA) is 74.3 Å². The molecular weight excluding hydrogens is 490 g/mol. The minimum atomic E-state index is -1.76. The molecule has 5 rings (SSSR count). The van der Waals surface area contributed by atoms with E-state index in [0.29, 0.717) is 17.8 Å². The number of hydrogen-bond donors (Lipinski definition) is 0. The molecule has 1 spiro atoms. The van der Waals surface area contributed by atoms with Crippen molar-refractivity contribution in [3.05, 3.63) is 87.1 Å². The van der Waals surface area contributed by atoms with E-state index in [9.17, 15) is 9.59 Å². The average molecular weight is 522 g/mol. The van der Waals surface area contributed by atoms with Gasteiger partial charge in [-0.1, -0.05) is 36.4 Å². The van der Waals surface area contributed by atoms with E-state index in [2.05, 4.69) is 18.7 Å². The fourth-order valence-corrected chi connectivity index (χ4v) is 7.68. The summed E-state index contributed by atoms with van der Waals surface area (Å²) in [4.78, 5) is 30.6. The number of fused-ring (bicyclic) bond motifs is 3. The van der Waals surface area contributed by atoms with Crippen molar-refractivity contribution >= 4 is 23.7 Å². The van der Waals surface area contributed by atoms with Gasteiger partial charge in [-0.05, 0) is 51.0 Å². The first-order valence-corrected chi connectivity index (χ1v) is 13.0. The molecule has 3 aliphatic rings. The molecular formula is C29H31NO6S. The molecule has 0 saturated carbocycles. The van der Waals surface area contributed by atoms with Gasteiger partial charge in [0, 0.05) is 22.7 Å². The summed E-state index contributed by atoms with van der Waals surface area (Å²) in [6, 6.07) is 15.5. The zero-order chi connectivity index (χ0) is 26.8. The number of methoxy groups -OCH3 is 3.